The minimum Gasteiger partial charge on any atom is -0.383 e. The number of methoxy groups -OCH3 is 2. The molecule has 0 aliphatic carbocycles. The average Bonchev–Trinajstić information content (AvgIpc) is 3.06. The van der Waals surface area contributed by atoms with Crippen LogP contribution < -0.4 is 4.90 Å². The van der Waals surface area contributed by atoms with Gasteiger partial charge in [0.1, 0.15) is 17.9 Å². The lowest BCUT2D eigenvalue weighted by Crippen LogP contribution is -2.31. The average molecular weight is 428 g/mol. The van der Waals surface area contributed by atoms with Crippen LogP contribution in [-0.2, 0) is 14.2 Å². The molecule has 0 radical (unpaired) electrons. The lowest BCUT2D eigenvalue weighted by Gasteiger charge is -2.25. The molecule has 0 aliphatic heterocycles. The Kier molecular flexibility index (Phi) is 9.39. The molecule has 1 aromatic heterocycles. The van der Waals surface area contributed by atoms with Gasteiger partial charge in [0.2, 0.25) is 5.00 Å². The van der Waals surface area contributed by atoms with E-state index in [1.165, 1.54) is 11.3 Å². The van der Waals surface area contributed by atoms with Crippen LogP contribution in [0.25, 0.3) is 4.85 Å². The molecule has 0 atom stereocenters. The number of thiophene rings is 1. The van der Waals surface area contributed by atoms with Crippen molar-refractivity contribution in [3.8, 4) is 6.07 Å². The Balaban J connectivity index is 2.20. The van der Waals surface area contributed by atoms with E-state index in [4.69, 9.17) is 20.8 Å². The number of benzene rings is 1. The summed E-state index contributed by atoms with van der Waals surface area (Å²) in [5.41, 5.74) is 3.76. The van der Waals surface area contributed by atoms with Crippen molar-refractivity contribution in [2.24, 2.45) is 10.2 Å². The molecule has 0 saturated heterocycles. The molecule has 2 rings (SSSR count). The molecule has 158 valence electrons. The molecule has 1 aromatic carbocycles. The Labute approximate surface area is 181 Å². The van der Waals surface area contributed by atoms with Crippen LogP contribution in [0, 0.1) is 31.8 Å². The molecule has 0 fully saturated rings. The van der Waals surface area contributed by atoms with Crippen LogP contribution in [-0.4, -0.2) is 47.3 Å². The molecule has 0 unspecified atom stereocenters. The second-order valence-corrected chi connectivity index (χ2v) is 7.38. The fourth-order valence-corrected chi connectivity index (χ4v) is 3.60. The predicted octanol–water partition coefficient (Wildman–Crippen LogP) is 5.28. The van der Waals surface area contributed by atoms with Crippen molar-refractivity contribution in [3.05, 3.63) is 46.3 Å². The fourth-order valence-electron chi connectivity index (χ4n) is 2.73. The number of aryl methyl sites for hydroxylation is 1. The topological polar surface area (TPSA) is 83.8 Å². The maximum Gasteiger partial charge on any atom is 0.247 e. The molecule has 0 aliphatic rings. The first-order valence-electron chi connectivity index (χ1n) is 9.29. The lowest BCUT2D eigenvalue weighted by molar-refractivity contribution is -0.0276. The number of rotatable bonds is 11. The Morgan fingerprint density at radius 1 is 1.17 bits per heavy atom. The smallest absolute Gasteiger partial charge is 0.247 e. The van der Waals surface area contributed by atoms with Gasteiger partial charge in [0, 0.05) is 33.0 Å². The van der Waals surface area contributed by atoms with Gasteiger partial charge in [-0.25, -0.2) is 4.85 Å². The SMILES string of the molecule is [C-]#[N+]c1sc(N=Nc2ccc(N(CCOC)CCOCOC)cc2C)c(C#N)c1C. The molecule has 2 aromatic rings. The van der Waals surface area contributed by atoms with Gasteiger partial charge in [0.15, 0.2) is 0 Å². The Morgan fingerprint density at radius 2 is 1.93 bits per heavy atom. The van der Waals surface area contributed by atoms with E-state index in [1.807, 2.05) is 25.1 Å². The van der Waals surface area contributed by atoms with Crippen molar-refractivity contribution < 1.29 is 14.2 Å². The van der Waals surface area contributed by atoms with E-state index in [0.717, 1.165) is 17.8 Å². The number of nitriles is 1. The molecule has 0 amide bonds. The van der Waals surface area contributed by atoms with Crippen LogP contribution >= 0.6 is 11.3 Å². The van der Waals surface area contributed by atoms with Crippen LogP contribution in [0.2, 0.25) is 0 Å². The first-order chi connectivity index (χ1) is 14.5. The number of hydrogen-bond donors (Lipinski definition) is 0. The Morgan fingerprint density at radius 3 is 2.57 bits per heavy atom. The third-order valence-corrected chi connectivity index (χ3v) is 5.45. The van der Waals surface area contributed by atoms with Gasteiger partial charge in [-0.2, -0.15) is 5.26 Å². The van der Waals surface area contributed by atoms with Gasteiger partial charge in [-0.05, 0) is 43.2 Å². The zero-order valence-electron chi connectivity index (χ0n) is 17.6. The fraction of sp³-hybridized carbons (Fsp3) is 0.429. The van der Waals surface area contributed by atoms with Gasteiger partial charge in [-0.15, -0.1) is 21.6 Å². The maximum absolute atomic E-state index is 9.35. The first kappa shape index (κ1) is 23.5. The van der Waals surface area contributed by atoms with Crippen molar-refractivity contribution in [1.29, 1.82) is 5.26 Å². The van der Waals surface area contributed by atoms with E-state index >= 15 is 0 Å². The maximum atomic E-state index is 9.35. The third kappa shape index (κ3) is 6.09. The first-order valence-corrected chi connectivity index (χ1v) is 10.1. The number of nitrogens with zero attached hydrogens (tertiary/aromatic N) is 5. The van der Waals surface area contributed by atoms with Gasteiger partial charge < -0.3 is 19.1 Å². The molecule has 30 heavy (non-hydrogen) atoms. The molecule has 1 heterocycles. The molecule has 8 nitrogen and oxygen atoms in total. The summed E-state index contributed by atoms with van der Waals surface area (Å²) in [6.45, 7) is 13.8. The Bertz CT molecular complexity index is 959. The predicted molar refractivity (Wildman–Crippen MR) is 117 cm³/mol. The van der Waals surface area contributed by atoms with E-state index in [-0.39, 0.29) is 6.79 Å². The van der Waals surface area contributed by atoms with Crippen LogP contribution in [0.4, 0.5) is 21.4 Å². The van der Waals surface area contributed by atoms with E-state index in [0.29, 0.717) is 46.6 Å². The number of ether oxygens (including phenoxy) is 3. The molecule has 9 heteroatoms. The van der Waals surface area contributed by atoms with Crippen LogP contribution in [0.1, 0.15) is 16.7 Å². The quantitative estimate of drug-likeness (QED) is 0.211. The molecule has 0 bridgehead atoms. The monoisotopic (exact) mass is 427 g/mol. The highest BCUT2D eigenvalue weighted by Crippen LogP contribution is 2.41. The summed E-state index contributed by atoms with van der Waals surface area (Å²) in [6.07, 6.45) is 0. The zero-order chi connectivity index (χ0) is 21.9. The van der Waals surface area contributed by atoms with Gasteiger partial charge in [0.05, 0.1) is 31.0 Å². The molecular weight excluding hydrogens is 402 g/mol. The summed E-state index contributed by atoms with van der Waals surface area (Å²) in [6, 6.07) is 8.02. The highest BCUT2D eigenvalue weighted by atomic mass is 32.1. The van der Waals surface area contributed by atoms with Crippen molar-refractivity contribution in [2.75, 3.05) is 52.2 Å². The van der Waals surface area contributed by atoms with E-state index in [2.05, 4.69) is 26.0 Å². The molecular formula is C21H25N5O3S. The summed E-state index contributed by atoms with van der Waals surface area (Å²) < 4.78 is 15.6. The van der Waals surface area contributed by atoms with Crippen molar-refractivity contribution in [2.45, 2.75) is 13.8 Å². The molecule has 0 spiro atoms. The van der Waals surface area contributed by atoms with E-state index in [9.17, 15) is 5.26 Å². The normalized spacial score (nSPS) is 10.9. The van der Waals surface area contributed by atoms with Gasteiger partial charge in [0.25, 0.3) is 0 Å². The summed E-state index contributed by atoms with van der Waals surface area (Å²) >= 11 is 1.18. The molecule has 0 N–H and O–H groups in total. The van der Waals surface area contributed by atoms with Gasteiger partial charge in [-0.1, -0.05) is 0 Å². The second-order valence-electron chi connectivity index (χ2n) is 6.40. The van der Waals surface area contributed by atoms with Crippen molar-refractivity contribution >= 4 is 32.7 Å². The summed E-state index contributed by atoms with van der Waals surface area (Å²) in [5.74, 6) is 0. The number of anilines is 1. The lowest BCUT2D eigenvalue weighted by atomic mass is 10.1. The minimum atomic E-state index is 0.262. The van der Waals surface area contributed by atoms with Crippen LogP contribution in [0.3, 0.4) is 0 Å². The highest BCUT2D eigenvalue weighted by Gasteiger charge is 2.14. The van der Waals surface area contributed by atoms with Crippen LogP contribution in [0.15, 0.2) is 28.4 Å². The highest BCUT2D eigenvalue weighted by molar-refractivity contribution is 7.20. The second kappa shape index (κ2) is 12.0. The Hall–Kier alpha value is -2.82. The standard InChI is InChI=1S/C21H25N5O3S/c1-15-12-17(26(8-10-27-4)9-11-29-14-28-5)6-7-19(15)24-25-21-18(13-22)16(2)20(23-3)30-21/h6-7,12H,8-11,14H2,1-2,4-5H3. The van der Waals surface area contributed by atoms with E-state index in [1.54, 1.807) is 21.1 Å². The largest absolute Gasteiger partial charge is 0.383 e. The van der Waals surface area contributed by atoms with Gasteiger partial charge >= 0.3 is 0 Å². The number of azo groups is 1. The molecule has 0 saturated carbocycles. The van der Waals surface area contributed by atoms with Crippen molar-refractivity contribution in [1.82, 2.24) is 0 Å². The number of hydrogen-bond acceptors (Lipinski definition) is 8. The summed E-state index contributed by atoms with van der Waals surface area (Å²) in [5, 5.41) is 18.8. The summed E-state index contributed by atoms with van der Waals surface area (Å²) in [4.78, 5) is 5.62. The third-order valence-electron chi connectivity index (χ3n) is 4.38. The van der Waals surface area contributed by atoms with Crippen LogP contribution in [0.5, 0.6) is 0 Å². The zero-order valence-corrected chi connectivity index (χ0v) is 18.5. The van der Waals surface area contributed by atoms with Gasteiger partial charge in [-0.3, -0.25) is 0 Å². The minimum absolute atomic E-state index is 0.262. The summed E-state index contributed by atoms with van der Waals surface area (Å²) in [7, 11) is 3.27. The van der Waals surface area contributed by atoms with Crippen molar-refractivity contribution in [3.63, 3.8) is 0 Å². The van der Waals surface area contributed by atoms with E-state index < -0.39 is 0 Å².